The van der Waals surface area contributed by atoms with Crippen LogP contribution in [0.2, 0.25) is 5.02 Å². The van der Waals surface area contributed by atoms with Gasteiger partial charge in [0.2, 0.25) is 0 Å². The number of hydrogen-bond acceptors (Lipinski definition) is 4. The van der Waals surface area contributed by atoms with Crippen molar-refractivity contribution in [3.8, 4) is 0 Å². The van der Waals surface area contributed by atoms with Crippen LogP contribution in [0.15, 0.2) is 41.2 Å². The molecule has 0 saturated carbocycles. The van der Waals surface area contributed by atoms with Crippen molar-refractivity contribution in [1.29, 1.82) is 0 Å². The van der Waals surface area contributed by atoms with Gasteiger partial charge < -0.3 is 15.2 Å². The minimum atomic E-state index is -0.708. The second-order valence-corrected chi connectivity index (χ2v) is 8.34. The summed E-state index contributed by atoms with van der Waals surface area (Å²) >= 11 is 6.06. The summed E-state index contributed by atoms with van der Waals surface area (Å²) in [4.78, 5) is 31.8. The number of H-pyrrole nitrogens is 1. The third-order valence-electron chi connectivity index (χ3n) is 5.84. The predicted octanol–water partition coefficient (Wildman–Crippen LogP) is 4.73. The van der Waals surface area contributed by atoms with Gasteiger partial charge in [-0.05, 0) is 61.7 Å². The molecule has 0 radical (unpaired) electrons. The monoisotopic (exact) mass is 456 g/mol. The van der Waals surface area contributed by atoms with Crippen LogP contribution in [0.4, 0.5) is 31.7 Å². The molecule has 2 N–H and O–H groups in total. The molecule has 6 nitrogen and oxygen atoms in total. The van der Waals surface area contributed by atoms with E-state index in [0.29, 0.717) is 47.8 Å². The Morgan fingerprint density at radius 2 is 1.81 bits per heavy atom. The zero-order valence-electron chi connectivity index (χ0n) is 17.1. The first kappa shape index (κ1) is 20.5. The number of aromatic amines is 1. The summed E-state index contributed by atoms with van der Waals surface area (Å²) in [5.74, 6) is -1.09. The summed E-state index contributed by atoms with van der Waals surface area (Å²) in [5, 5.41) is 3.08. The SMILES string of the molecule is Cc1cc2c([nH]c1=O)NCCCc1cc(F)ccc1N1CN2C(=O)c2cc(F)c(Cl)cc21. The van der Waals surface area contributed by atoms with E-state index in [-0.39, 0.29) is 28.6 Å². The van der Waals surface area contributed by atoms with Gasteiger partial charge in [0.1, 0.15) is 24.1 Å². The van der Waals surface area contributed by atoms with Crippen molar-refractivity contribution in [2.45, 2.75) is 19.8 Å². The minimum absolute atomic E-state index is 0.0760. The zero-order chi connectivity index (χ0) is 22.6. The number of nitrogens with one attached hydrogen (secondary N) is 2. The second-order valence-electron chi connectivity index (χ2n) is 7.93. The molecule has 0 spiro atoms. The fraction of sp³-hybridized carbons (Fsp3) is 0.217. The van der Waals surface area contributed by atoms with E-state index in [1.54, 1.807) is 19.1 Å². The van der Waals surface area contributed by atoms with Gasteiger partial charge in [0.15, 0.2) is 0 Å². The summed E-state index contributed by atoms with van der Waals surface area (Å²) in [7, 11) is 0. The van der Waals surface area contributed by atoms with Crippen LogP contribution in [0.1, 0.15) is 27.9 Å². The first-order valence-corrected chi connectivity index (χ1v) is 10.6. The summed E-state index contributed by atoms with van der Waals surface area (Å²) in [6, 6.07) is 8.66. The number of amides is 1. The maximum absolute atomic E-state index is 14.4. The number of pyridine rings is 1. The fourth-order valence-electron chi connectivity index (χ4n) is 4.23. The van der Waals surface area contributed by atoms with Crippen LogP contribution >= 0.6 is 11.6 Å². The maximum Gasteiger partial charge on any atom is 0.262 e. The van der Waals surface area contributed by atoms with Crippen molar-refractivity contribution in [3.05, 3.63) is 80.1 Å². The normalized spacial score (nSPS) is 15.3. The minimum Gasteiger partial charge on any atom is -0.370 e. The molecular weight excluding hydrogens is 438 g/mol. The average molecular weight is 457 g/mol. The summed E-state index contributed by atoms with van der Waals surface area (Å²) < 4.78 is 28.5. The number of aromatic nitrogens is 1. The number of benzene rings is 2. The molecule has 0 saturated heterocycles. The number of halogens is 3. The number of anilines is 4. The molecule has 1 amide bonds. The Hall–Kier alpha value is -3.39. The number of aryl methyl sites for hydroxylation is 2. The molecule has 1 aromatic heterocycles. The lowest BCUT2D eigenvalue weighted by Gasteiger charge is -2.39. The highest BCUT2D eigenvalue weighted by molar-refractivity contribution is 6.31. The van der Waals surface area contributed by atoms with E-state index in [9.17, 15) is 18.4 Å². The molecule has 0 fully saturated rings. The Morgan fingerprint density at radius 3 is 2.62 bits per heavy atom. The molecule has 2 bridgehead atoms. The molecule has 2 aliphatic heterocycles. The lowest BCUT2D eigenvalue weighted by atomic mass is 10.0. The van der Waals surface area contributed by atoms with Crippen LogP contribution in [-0.4, -0.2) is 24.1 Å². The molecule has 32 heavy (non-hydrogen) atoms. The highest BCUT2D eigenvalue weighted by Gasteiger charge is 2.35. The molecular formula is C23H19ClF2N4O2. The molecule has 5 rings (SSSR count). The van der Waals surface area contributed by atoms with E-state index in [4.69, 9.17) is 11.6 Å². The van der Waals surface area contributed by atoms with Crippen LogP contribution in [0.5, 0.6) is 0 Å². The van der Waals surface area contributed by atoms with Gasteiger partial charge in [-0.1, -0.05) is 11.6 Å². The van der Waals surface area contributed by atoms with Crippen LogP contribution in [0.3, 0.4) is 0 Å². The Labute approximate surface area is 187 Å². The van der Waals surface area contributed by atoms with Crippen molar-refractivity contribution in [1.82, 2.24) is 4.98 Å². The van der Waals surface area contributed by atoms with Crippen molar-refractivity contribution < 1.29 is 13.6 Å². The Bertz CT molecular complexity index is 1320. The van der Waals surface area contributed by atoms with Gasteiger partial charge in [0.25, 0.3) is 11.5 Å². The molecule has 2 aliphatic rings. The first-order valence-electron chi connectivity index (χ1n) is 10.2. The van der Waals surface area contributed by atoms with Gasteiger partial charge in [0.05, 0.1) is 22.0 Å². The third-order valence-corrected chi connectivity index (χ3v) is 6.13. The number of fused-ring (bicyclic) bond motifs is 8. The Kier molecular flexibility index (Phi) is 4.89. The number of carbonyl (C=O) groups excluding carboxylic acids is 1. The quantitative estimate of drug-likeness (QED) is 0.513. The Balaban J connectivity index is 1.79. The average Bonchev–Trinajstić information content (AvgIpc) is 2.78. The molecule has 0 unspecified atom stereocenters. The summed E-state index contributed by atoms with van der Waals surface area (Å²) in [5.41, 5.74) is 2.68. The van der Waals surface area contributed by atoms with E-state index < -0.39 is 11.7 Å². The van der Waals surface area contributed by atoms with Crippen LogP contribution in [0.25, 0.3) is 0 Å². The second kappa shape index (κ2) is 7.63. The number of carbonyl (C=O) groups is 1. The van der Waals surface area contributed by atoms with Gasteiger partial charge in [0, 0.05) is 17.8 Å². The maximum atomic E-state index is 14.4. The van der Waals surface area contributed by atoms with Gasteiger partial charge in [-0.15, -0.1) is 0 Å². The lowest BCUT2D eigenvalue weighted by molar-refractivity contribution is 0.0983. The van der Waals surface area contributed by atoms with Gasteiger partial charge >= 0.3 is 0 Å². The fourth-order valence-corrected chi connectivity index (χ4v) is 4.38. The smallest absolute Gasteiger partial charge is 0.262 e. The Morgan fingerprint density at radius 1 is 1.00 bits per heavy atom. The number of hydrogen-bond donors (Lipinski definition) is 2. The van der Waals surface area contributed by atoms with Crippen molar-refractivity contribution >= 4 is 40.4 Å². The van der Waals surface area contributed by atoms with Crippen molar-refractivity contribution in [2.75, 3.05) is 28.3 Å². The van der Waals surface area contributed by atoms with E-state index in [1.807, 2.05) is 4.90 Å². The molecule has 3 heterocycles. The molecule has 3 aromatic rings. The predicted molar refractivity (Wildman–Crippen MR) is 120 cm³/mol. The molecule has 0 atom stereocenters. The lowest BCUT2D eigenvalue weighted by Crippen LogP contribution is -2.46. The standard InChI is InChI=1S/C23H19ClF2N4O2/c1-12-7-20-21(28-22(12)31)27-6-2-3-13-8-14(25)4-5-18(13)29-11-30(20)23(32)15-9-17(26)16(24)10-19(15)29/h4-5,7-10H,2-3,6,11H2,1H3,(H2,27,28,31). The largest absolute Gasteiger partial charge is 0.370 e. The van der Waals surface area contributed by atoms with Gasteiger partial charge in [-0.3, -0.25) is 14.5 Å². The van der Waals surface area contributed by atoms with Crippen LogP contribution < -0.4 is 20.7 Å². The van der Waals surface area contributed by atoms with Gasteiger partial charge in [-0.25, -0.2) is 8.78 Å². The van der Waals surface area contributed by atoms with Crippen molar-refractivity contribution in [3.63, 3.8) is 0 Å². The van der Waals surface area contributed by atoms with Crippen molar-refractivity contribution in [2.24, 2.45) is 0 Å². The van der Waals surface area contributed by atoms with Crippen LogP contribution in [-0.2, 0) is 6.42 Å². The molecule has 9 heteroatoms. The zero-order valence-corrected chi connectivity index (χ0v) is 17.9. The molecule has 164 valence electrons. The highest BCUT2D eigenvalue weighted by atomic mass is 35.5. The number of rotatable bonds is 0. The molecule has 2 aromatic carbocycles. The summed E-state index contributed by atoms with van der Waals surface area (Å²) in [6.45, 7) is 2.23. The number of nitrogens with zero attached hydrogens (tertiary/aromatic N) is 2. The van der Waals surface area contributed by atoms with E-state index >= 15 is 0 Å². The highest BCUT2D eigenvalue weighted by Crippen LogP contribution is 2.41. The topological polar surface area (TPSA) is 68.4 Å². The van der Waals surface area contributed by atoms with Crippen LogP contribution in [0, 0.1) is 18.6 Å². The third kappa shape index (κ3) is 3.31. The van der Waals surface area contributed by atoms with E-state index in [0.717, 1.165) is 11.6 Å². The molecule has 0 aliphatic carbocycles. The van der Waals surface area contributed by atoms with Gasteiger partial charge in [-0.2, -0.15) is 0 Å². The van der Waals surface area contributed by atoms with E-state index in [1.165, 1.54) is 23.1 Å². The first-order chi connectivity index (χ1) is 15.3. The van der Waals surface area contributed by atoms with E-state index in [2.05, 4.69) is 10.3 Å². The summed E-state index contributed by atoms with van der Waals surface area (Å²) in [6.07, 6.45) is 1.21.